The number of para-hydroxylation sites is 1. The molecule has 1 unspecified atom stereocenters. The smallest absolute Gasteiger partial charge is 0.258 e. The van der Waals surface area contributed by atoms with E-state index in [1.807, 2.05) is 78.9 Å². The molecule has 0 saturated heterocycles. The lowest BCUT2D eigenvalue weighted by atomic mass is 9.95. The van der Waals surface area contributed by atoms with Crippen LogP contribution in [0.2, 0.25) is 0 Å². The van der Waals surface area contributed by atoms with Gasteiger partial charge in [0.15, 0.2) is 6.61 Å². The molecule has 0 aliphatic rings. The van der Waals surface area contributed by atoms with Crippen molar-refractivity contribution in [2.24, 2.45) is 0 Å². The Morgan fingerprint density at radius 2 is 1.48 bits per heavy atom. The average Bonchev–Trinajstić information content (AvgIpc) is 2.67. The SMILES string of the molecule is Cc1ccccc1C(NC(=O)COc1ccccc1)c1ccccc1. The summed E-state index contributed by atoms with van der Waals surface area (Å²) in [6, 6.07) is 27.2. The molecular weight excluding hydrogens is 310 g/mol. The molecule has 0 heterocycles. The van der Waals surface area contributed by atoms with Gasteiger partial charge in [-0.25, -0.2) is 0 Å². The third kappa shape index (κ3) is 4.48. The van der Waals surface area contributed by atoms with Gasteiger partial charge in [-0.2, -0.15) is 0 Å². The van der Waals surface area contributed by atoms with Crippen molar-refractivity contribution in [1.29, 1.82) is 0 Å². The second kappa shape index (κ2) is 8.15. The Morgan fingerprint density at radius 1 is 0.880 bits per heavy atom. The van der Waals surface area contributed by atoms with Crippen LogP contribution < -0.4 is 10.1 Å². The molecule has 1 atom stereocenters. The van der Waals surface area contributed by atoms with Crippen molar-refractivity contribution in [2.45, 2.75) is 13.0 Å². The molecule has 3 aromatic rings. The number of rotatable bonds is 6. The van der Waals surface area contributed by atoms with E-state index in [0.29, 0.717) is 5.75 Å². The lowest BCUT2D eigenvalue weighted by Gasteiger charge is -2.21. The maximum Gasteiger partial charge on any atom is 0.258 e. The number of carbonyl (C=O) groups excluding carboxylic acids is 1. The van der Waals surface area contributed by atoms with Crippen LogP contribution >= 0.6 is 0 Å². The molecule has 3 heteroatoms. The summed E-state index contributed by atoms with van der Waals surface area (Å²) in [7, 11) is 0. The fourth-order valence-electron chi connectivity index (χ4n) is 2.77. The zero-order valence-electron chi connectivity index (χ0n) is 14.2. The molecule has 3 aromatic carbocycles. The van der Waals surface area contributed by atoms with Crippen LogP contribution in [-0.2, 0) is 4.79 Å². The van der Waals surface area contributed by atoms with Crippen LogP contribution in [-0.4, -0.2) is 12.5 Å². The highest BCUT2D eigenvalue weighted by molar-refractivity contribution is 5.78. The Kier molecular flexibility index (Phi) is 5.47. The van der Waals surface area contributed by atoms with Gasteiger partial charge in [0.05, 0.1) is 6.04 Å². The van der Waals surface area contributed by atoms with E-state index in [9.17, 15) is 4.79 Å². The Hall–Kier alpha value is -3.07. The molecule has 3 nitrogen and oxygen atoms in total. The maximum absolute atomic E-state index is 12.4. The van der Waals surface area contributed by atoms with E-state index in [2.05, 4.69) is 18.3 Å². The van der Waals surface area contributed by atoms with Gasteiger partial charge < -0.3 is 10.1 Å². The van der Waals surface area contributed by atoms with Crippen molar-refractivity contribution < 1.29 is 9.53 Å². The summed E-state index contributed by atoms with van der Waals surface area (Å²) in [6.07, 6.45) is 0. The van der Waals surface area contributed by atoms with Crippen molar-refractivity contribution >= 4 is 5.91 Å². The van der Waals surface area contributed by atoms with E-state index in [1.54, 1.807) is 0 Å². The summed E-state index contributed by atoms with van der Waals surface area (Å²) in [5, 5.41) is 3.10. The minimum Gasteiger partial charge on any atom is -0.484 e. The van der Waals surface area contributed by atoms with Gasteiger partial charge in [-0.3, -0.25) is 4.79 Å². The molecule has 3 rings (SSSR count). The van der Waals surface area contributed by atoms with Gasteiger partial charge in [0, 0.05) is 0 Å². The molecule has 0 aliphatic carbocycles. The summed E-state index contributed by atoms with van der Waals surface area (Å²) < 4.78 is 5.56. The summed E-state index contributed by atoms with van der Waals surface area (Å²) >= 11 is 0. The maximum atomic E-state index is 12.4. The van der Waals surface area contributed by atoms with E-state index < -0.39 is 0 Å². The van der Waals surface area contributed by atoms with E-state index in [4.69, 9.17) is 4.74 Å². The number of ether oxygens (including phenoxy) is 1. The molecule has 25 heavy (non-hydrogen) atoms. The van der Waals surface area contributed by atoms with Gasteiger partial charge in [-0.05, 0) is 35.7 Å². The molecule has 0 aromatic heterocycles. The number of carbonyl (C=O) groups is 1. The van der Waals surface area contributed by atoms with Crippen LogP contribution in [0.3, 0.4) is 0 Å². The number of nitrogens with one attached hydrogen (secondary N) is 1. The summed E-state index contributed by atoms with van der Waals surface area (Å²) in [6.45, 7) is 2.04. The van der Waals surface area contributed by atoms with Crippen molar-refractivity contribution in [3.05, 3.63) is 102 Å². The molecule has 1 N–H and O–H groups in total. The Labute approximate surface area is 148 Å². The van der Waals surface area contributed by atoms with Crippen LogP contribution in [0.25, 0.3) is 0 Å². The van der Waals surface area contributed by atoms with Crippen LogP contribution in [0.5, 0.6) is 5.75 Å². The zero-order chi connectivity index (χ0) is 17.5. The van der Waals surface area contributed by atoms with Gasteiger partial charge in [-0.15, -0.1) is 0 Å². The molecule has 0 spiro atoms. The molecule has 0 fully saturated rings. The monoisotopic (exact) mass is 331 g/mol. The first-order valence-electron chi connectivity index (χ1n) is 8.32. The molecule has 0 bridgehead atoms. The van der Waals surface area contributed by atoms with Crippen LogP contribution in [0.1, 0.15) is 22.7 Å². The Bertz CT molecular complexity index is 816. The van der Waals surface area contributed by atoms with Crippen molar-refractivity contribution in [2.75, 3.05) is 6.61 Å². The fourth-order valence-corrected chi connectivity index (χ4v) is 2.77. The normalized spacial score (nSPS) is 11.6. The highest BCUT2D eigenvalue weighted by Gasteiger charge is 2.18. The van der Waals surface area contributed by atoms with Crippen LogP contribution in [0.4, 0.5) is 0 Å². The lowest BCUT2D eigenvalue weighted by molar-refractivity contribution is -0.123. The van der Waals surface area contributed by atoms with Crippen LogP contribution in [0.15, 0.2) is 84.9 Å². The average molecular weight is 331 g/mol. The van der Waals surface area contributed by atoms with Crippen molar-refractivity contribution in [3.8, 4) is 5.75 Å². The number of aryl methyl sites for hydroxylation is 1. The zero-order valence-corrected chi connectivity index (χ0v) is 14.2. The highest BCUT2D eigenvalue weighted by Crippen LogP contribution is 2.24. The lowest BCUT2D eigenvalue weighted by Crippen LogP contribution is -2.33. The van der Waals surface area contributed by atoms with Gasteiger partial charge >= 0.3 is 0 Å². The molecule has 126 valence electrons. The first-order valence-corrected chi connectivity index (χ1v) is 8.32. The van der Waals surface area contributed by atoms with E-state index in [-0.39, 0.29) is 18.6 Å². The first kappa shape index (κ1) is 16.8. The van der Waals surface area contributed by atoms with Gasteiger partial charge in [-0.1, -0.05) is 72.8 Å². The summed E-state index contributed by atoms with van der Waals surface area (Å²) in [4.78, 5) is 12.4. The minimum absolute atomic E-state index is 0.0147. The topological polar surface area (TPSA) is 38.3 Å². The summed E-state index contributed by atoms with van der Waals surface area (Å²) in [5.74, 6) is 0.533. The third-order valence-electron chi connectivity index (χ3n) is 4.05. The van der Waals surface area contributed by atoms with E-state index in [0.717, 1.165) is 16.7 Å². The molecule has 0 radical (unpaired) electrons. The predicted molar refractivity (Wildman–Crippen MR) is 99.5 cm³/mol. The fraction of sp³-hybridized carbons (Fsp3) is 0.136. The number of amides is 1. The predicted octanol–water partition coefficient (Wildman–Crippen LogP) is 4.28. The summed E-state index contributed by atoms with van der Waals surface area (Å²) in [5.41, 5.74) is 3.27. The van der Waals surface area contributed by atoms with Gasteiger partial charge in [0.2, 0.25) is 0 Å². The van der Waals surface area contributed by atoms with Crippen molar-refractivity contribution in [3.63, 3.8) is 0 Å². The first-order chi connectivity index (χ1) is 12.2. The standard InChI is InChI=1S/C22H21NO2/c1-17-10-8-9-15-20(17)22(18-11-4-2-5-12-18)23-21(24)16-25-19-13-6-3-7-14-19/h2-15,22H,16H2,1H3,(H,23,24). The highest BCUT2D eigenvalue weighted by atomic mass is 16.5. The molecular formula is C22H21NO2. The number of hydrogen-bond acceptors (Lipinski definition) is 2. The molecule has 0 aliphatic heterocycles. The van der Waals surface area contributed by atoms with Gasteiger partial charge in [0.25, 0.3) is 5.91 Å². The van der Waals surface area contributed by atoms with Gasteiger partial charge in [0.1, 0.15) is 5.75 Å². The van der Waals surface area contributed by atoms with E-state index >= 15 is 0 Å². The molecule has 0 saturated carbocycles. The quantitative estimate of drug-likeness (QED) is 0.732. The third-order valence-corrected chi connectivity index (χ3v) is 4.05. The van der Waals surface area contributed by atoms with Crippen LogP contribution in [0, 0.1) is 6.92 Å². The number of benzene rings is 3. The Morgan fingerprint density at radius 3 is 2.16 bits per heavy atom. The number of hydrogen-bond donors (Lipinski definition) is 1. The minimum atomic E-state index is -0.200. The largest absolute Gasteiger partial charge is 0.484 e. The second-order valence-electron chi connectivity index (χ2n) is 5.87. The van der Waals surface area contributed by atoms with Crippen molar-refractivity contribution in [1.82, 2.24) is 5.32 Å². The second-order valence-corrected chi connectivity index (χ2v) is 5.87. The Balaban J connectivity index is 1.76. The molecule has 1 amide bonds. The van der Waals surface area contributed by atoms with E-state index in [1.165, 1.54) is 0 Å².